The second-order valence-electron chi connectivity index (χ2n) is 8.12. The Morgan fingerprint density at radius 1 is 0.625 bits per heavy atom. The van der Waals surface area contributed by atoms with Crippen LogP contribution in [0.15, 0.2) is 0 Å². The van der Waals surface area contributed by atoms with E-state index in [1.165, 1.54) is 0 Å². The van der Waals surface area contributed by atoms with Crippen LogP contribution in [0.4, 0.5) is 0 Å². The van der Waals surface area contributed by atoms with E-state index in [9.17, 15) is 0 Å². The van der Waals surface area contributed by atoms with Gasteiger partial charge in [-0.05, 0) is 0 Å². The zero-order chi connectivity index (χ0) is 13.6. The first-order chi connectivity index (χ1) is 6.62. The van der Waals surface area contributed by atoms with Crippen LogP contribution < -0.4 is 0 Å². The average molecular weight is 319 g/mol. The molecule has 0 aromatic carbocycles. The Labute approximate surface area is 112 Å². The van der Waals surface area contributed by atoms with Gasteiger partial charge in [-0.3, -0.25) is 0 Å². The molecular formula is C10H30Si6. The van der Waals surface area contributed by atoms with Gasteiger partial charge in [0.2, 0.25) is 0 Å². The van der Waals surface area contributed by atoms with Crippen molar-refractivity contribution in [1.82, 2.24) is 0 Å². The number of rotatable bonds is 4. The van der Waals surface area contributed by atoms with Crippen LogP contribution in [0.1, 0.15) is 0 Å². The molecule has 0 fully saturated rings. The van der Waals surface area contributed by atoms with E-state index >= 15 is 0 Å². The molecule has 0 aromatic rings. The van der Waals surface area contributed by atoms with E-state index in [0.29, 0.717) is 0 Å². The predicted octanol–water partition coefficient (Wildman–Crippen LogP) is 3.55. The minimum absolute atomic E-state index is 0.0795. The van der Waals surface area contributed by atoms with E-state index in [1.54, 1.807) is 0 Å². The van der Waals surface area contributed by atoms with Crippen LogP contribution in [0, 0.1) is 0 Å². The smallest absolute Gasteiger partial charge is 0.0303 e. The lowest BCUT2D eigenvalue weighted by Gasteiger charge is -2.52. The number of hydrogen-bond donors (Lipinski definition) is 0. The van der Waals surface area contributed by atoms with E-state index in [-0.39, 0.29) is 7.35 Å². The fourth-order valence-electron chi connectivity index (χ4n) is 3.31. The van der Waals surface area contributed by atoms with E-state index in [0.717, 1.165) is 0 Å². The molecule has 0 aromatic heterocycles. The molecule has 0 spiro atoms. The predicted molar refractivity (Wildman–Crippen MR) is 93.2 cm³/mol. The van der Waals surface area contributed by atoms with Gasteiger partial charge in [-0.2, -0.15) is 0 Å². The van der Waals surface area contributed by atoms with Gasteiger partial charge in [0, 0.05) is 46.5 Å². The quantitative estimate of drug-likeness (QED) is 0.695. The molecule has 0 N–H and O–H groups in total. The molecule has 0 bridgehead atoms. The Morgan fingerprint density at radius 3 is 0.938 bits per heavy atom. The van der Waals surface area contributed by atoms with Crippen LogP contribution in [-0.2, 0) is 0 Å². The molecule has 94 valence electrons. The van der Waals surface area contributed by atoms with Crippen LogP contribution in [0.25, 0.3) is 0 Å². The Kier molecular flexibility index (Phi) is 5.15. The highest BCUT2D eigenvalue weighted by Crippen LogP contribution is 2.30. The second kappa shape index (κ2) is 4.77. The highest BCUT2D eigenvalue weighted by molar-refractivity contribution is 7.94. The van der Waals surface area contributed by atoms with Crippen LogP contribution in [-0.4, -0.2) is 46.5 Å². The zero-order valence-corrected chi connectivity index (χ0v) is 19.0. The SMILES string of the molecule is C[Si](C)(C)[Si]([Si](C)(C)C)[Si](C)(C)[Si](C)(C)[Si]. The van der Waals surface area contributed by atoms with Gasteiger partial charge < -0.3 is 0 Å². The molecule has 4 radical (unpaired) electrons. The monoisotopic (exact) mass is 318 g/mol. The molecule has 0 unspecified atom stereocenters. The Balaban J connectivity index is 5.57. The van der Waals surface area contributed by atoms with Crippen molar-refractivity contribution in [3.63, 3.8) is 0 Å². The van der Waals surface area contributed by atoms with Crippen molar-refractivity contribution in [2.45, 2.75) is 65.5 Å². The first kappa shape index (κ1) is 17.3. The van der Waals surface area contributed by atoms with Crippen LogP contribution in [0.2, 0.25) is 65.5 Å². The molecule has 0 aliphatic rings. The van der Waals surface area contributed by atoms with Gasteiger partial charge in [-0.1, -0.05) is 65.5 Å². The van der Waals surface area contributed by atoms with E-state index in [4.69, 9.17) is 0 Å². The third kappa shape index (κ3) is 3.91. The summed E-state index contributed by atoms with van der Waals surface area (Å²) in [5, 5.41) is 0. The first-order valence-electron chi connectivity index (χ1n) is 6.25. The topological polar surface area (TPSA) is 0 Å². The average Bonchev–Trinajstić information content (AvgIpc) is 1.72. The fourth-order valence-corrected chi connectivity index (χ4v) is 137. The summed E-state index contributed by atoms with van der Waals surface area (Å²) in [6.45, 7) is 26.4. The normalized spacial score (nSPS) is 15.8. The van der Waals surface area contributed by atoms with Crippen LogP contribution in [0.5, 0.6) is 0 Å². The molecule has 0 amide bonds. The zero-order valence-electron chi connectivity index (χ0n) is 13.0. The number of hydrogen-bond acceptors (Lipinski definition) is 0. The third-order valence-electron chi connectivity index (χ3n) is 3.69. The van der Waals surface area contributed by atoms with Crippen molar-refractivity contribution in [2.24, 2.45) is 0 Å². The van der Waals surface area contributed by atoms with Gasteiger partial charge in [0.05, 0.1) is 0 Å². The highest BCUT2D eigenvalue weighted by Gasteiger charge is 2.54. The summed E-state index contributed by atoms with van der Waals surface area (Å²) < 4.78 is 0. The Hall–Kier alpha value is 1.30. The lowest BCUT2D eigenvalue weighted by molar-refractivity contribution is 1.79. The second-order valence-corrected chi connectivity index (χ2v) is 60.4. The summed E-state index contributed by atoms with van der Waals surface area (Å²) in [6.07, 6.45) is 0. The van der Waals surface area contributed by atoms with Crippen molar-refractivity contribution >= 4 is 46.5 Å². The minimum Gasteiger partial charge on any atom is -0.0740 e. The lowest BCUT2D eigenvalue weighted by Crippen LogP contribution is -2.79. The Bertz CT molecular complexity index is 226. The third-order valence-corrected chi connectivity index (χ3v) is 91.7. The maximum Gasteiger partial charge on any atom is 0.0303 e. The van der Waals surface area contributed by atoms with Crippen molar-refractivity contribution in [3.8, 4) is 0 Å². The molecule has 0 atom stereocenters. The summed E-state index contributed by atoms with van der Waals surface area (Å²) in [5.41, 5.74) is 0. The van der Waals surface area contributed by atoms with Crippen molar-refractivity contribution in [2.75, 3.05) is 0 Å². The molecule has 0 nitrogen and oxygen atoms in total. The van der Waals surface area contributed by atoms with Crippen molar-refractivity contribution < 1.29 is 0 Å². The first-order valence-corrected chi connectivity index (χ1v) is 26.2. The molecule has 6 heteroatoms. The maximum absolute atomic E-state index is 4.21. The van der Waals surface area contributed by atoms with Crippen molar-refractivity contribution in [3.05, 3.63) is 0 Å². The molecule has 0 aliphatic heterocycles. The van der Waals surface area contributed by atoms with E-state index in [2.05, 4.69) is 75.2 Å². The molecule has 0 saturated carbocycles. The van der Waals surface area contributed by atoms with Crippen LogP contribution >= 0.6 is 0 Å². The molecule has 0 heterocycles. The summed E-state index contributed by atoms with van der Waals surface area (Å²) in [5.74, 6) is 0. The van der Waals surface area contributed by atoms with Gasteiger partial charge in [-0.15, -0.1) is 0 Å². The Morgan fingerprint density at radius 2 is 0.875 bits per heavy atom. The molecule has 0 rings (SSSR count). The summed E-state index contributed by atoms with van der Waals surface area (Å²) in [4.78, 5) is 0. The lowest BCUT2D eigenvalue weighted by atomic mass is 11.8. The van der Waals surface area contributed by atoms with Gasteiger partial charge in [0.1, 0.15) is 0 Å². The van der Waals surface area contributed by atoms with Gasteiger partial charge in [0.15, 0.2) is 0 Å². The molecule has 0 saturated heterocycles. The highest BCUT2D eigenvalue weighted by atomic mass is 30.1. The summed E-state index contributed by atoms with van der Waals surface area (Å²) >= 11 is 0. The van der Waals surface area contributed by atoms with E-state index in [1.807, 2.05) is 0 Å². The fraction of sp³-hybridized carbons (Fsp3) is 1.00. The molecular weight excluding hydrogens is 289 g/mol. The van der Waals surface area contributed by atoms with Gasteiger partial charge in [0.25, 0.3) is 0 Å². The maximum atomic E-state index is 4.21. The summed E-state index contributed by atoms with van der Waals surface area (Å²) in [6, 6.07) is 0. The van der Waals surface area contributed by atoms with E-state index < -0.39 is 29.4 Å². The molecule has 0 aliphatic carbocycles. The van der Waals surface area contributed by atoms with Crippen molar-refractivity contribution in [1.29, 1.82) is 0 Å². The van der Waals surface area contributed by atoms with Crippen LogP contribution in [0.3, 0.4) is 0 Å². The minimum atomic E-state index is -1.11. The summed E-state index contributed by atoms with van der Waals surface area (Å²) in [7, 11) is 0.120. The van der Waals surface area contributed by atoms with Gasteiger partial charge >= 0.3 is 0 Å². The van der Waals surface area contributed by atoms with Gasteiger partial charge in [-0.25, -0.2) is 0 Å². The standard InChI is InChI=1S/C10H30Si6/c1-13(2,3)12(14(4,5)6)16(9,10)15(7,8)11/h1-10H3. The largest absolute Gasteiger partial charge is 0.0740 e. The molecule has 16 heavy (non-hydrogen) atoms.